The van der Waals surface area contributed by atoms with E-state index in [9.17, 15) is 18.4 Å². The lowest BCUT2D eigenvalue weighted by atomic mass is 10.0. The molecule has 7 heteroatoms. The van der Waals surface area contributed by atoms with Gasteiger partial charge in [-0.2, -0.15) is 0 Å². The predicted molar refractivity (Wildman–Crippen MR) is 117 cm³/mol. The number of nitrogens with zero attached hydrogens (tertiary/aromatic N) is 2. The summed E-state index contributed by atoms with van der Waals surface area (Å²) in [6.07, 6.45) is 1.53. The summed E-state index contributed by atoms with van der Waals surface area (Å²) < 4.78 is 33.0. The molecule has 3 aromatic rings. The lowest BCUT2D eigenvalue weighted by Crippen LogP contribution is -2.51. The van der Waals surface area contributed by atoms with E-state index in [1.54, 1.807) is 37.8 Å². The van der Waals surface area contributed by atoms with Gasteiger partial charge in [0, 0.05) is 18.2 Å². The van der Waals surface area contributed by atoms with Gasteiger partial charge in [0.2, 0.25) is 5.91 Å². The van der Waals surface area contributed by atoms with Crippen LogP contribution in [0.3, 0.4) is 0 Å². The molecule has 0 aliphatic carbocycles. The van der Waals surface area contributed by atoms with Crippen molar-refractivity contribution in [1.29, 1.82) is 0 Å². The molecule has 0 unspecified atom stereocenters. The number of hydrogen-bond donors (Lipinski definition) is 0. The van der Waals surface area contributed by atoms with E-state index >= 15 is 0 Å². The maximum Gasteiger partial charge on any atom is 0.257 e. The molecule has 0 bridgehead atoms. The summed E-state index contributed by atoms with van der Waals surface area (Å²) >= 11 is 0. The molecule has 1 aromatic heterocycles. The Bertz CT molecular complexity index is 1060. The summed E-state index contributed by atoms with van der Waals surface area (Å²) in [7, 11) is 0. The second-order valence-corrected chi connectivity index (χ2v) is 8.50. The largest absolute Gasteiger partial charge is 0.467 e. The molecule has 0 fully saturated rings. The van der Waals surface area contributed by atoms with Crippen LogP contribution in [0.2, 0.25) is 0 Å². The van der Waals surface area contributed by atoms with Crippen LogP contribution in [0.1, 0.15) is 42.5 Å². The van der Waals surface area contributed by atoms with E-state index in [1.807, 2.05) is 30.3 Å². The Kier molecular flexibility index (Phi) is 7.08. The molecular weight excluding hydrogens is 414 g/mol. The first-order chi connectivity index (χ1) is 15.1. The van der Waals surface area contributed by atoms with Crippen LogP contribution in [0.5, 0.6) is 0 Å². The smallest absolute Gasteiger partial charge is 0.257 e. The number of rotatable bonds is 7. The fourth-order valence-electron chi connectivity index (χ4n) is 3.28. The Morgan fingerprint density at radius 3 is 2.25 bits per heavy atom. The quantitative estimate of drug-likeness (QED) is 0.518. The van der Waals surface area contributed by atoms with Gasteiger partial charge in [0.1, 0.15) is 23.9 Å². The van der Waals surface area contributed by atoms with E-state index < -0.39 is 23.1 Å². The highest BCUT2D eigenvalue weighted by molar-refractivity contribution is 5.97. The third kappa shape index (κ3) is 5.81. The Morgan fingerprint density at radius 2 is 1.66 bits per heavy atom. The van der Waals surface area contributed by atoms with Crippen molar-refractivity contribution in [3.63, 3.8) is 0 Å². The van der Waals surface area contributed by atoms with Crippen molar-refractivity contribution in [2.45, 2.75) is 39.4 Å². The van der Waals surface area contributed by atoms with Crippen LogP contribution in [-0.4, -0.2) is 33.7 Å². The van der Waals surface area contributed by atoms with Gasteiger partial charge in [-0.25, -0.2) is 8.78 Å². The van der Waals surface area contributed by atoms with Crippen molar-refractivity contribution < 1.29 is 22.8 Å². The van der Waals surface area contributed by atoms with Crippen LogP contribution >= 0.6 is 0 Å². The SMILES string of the molecule is CC(C)(C)N(CC(=O)N(Cc1ccccc1)Cc1ccco1)C(=O)c1ccc(F)cc1F. The summed E-state index contributed by atoms with van der Waals surface area (Å²) in [5, 5.41) is 0. The van der Waals surface area contributed by atoms with Gasteiger partial charge >= 0.3 is 0 Å². The Morgan fingerprint density at radius 1 is 0.938 bits per heavy atom. The molecule has 2 aromatic carbocycles. The van der Waals surface area contributed by atoms with Crippen molar-refractivity contribution in [2.75, 3.05) is 6.54 Å². The van der Waals surface area contributed by atoms with Gasteiger partial charge in [0.25, 0.3) is 5.91 Å². The second kappa shape index (κ2) is 9.77. The van der Waals surface area contributed by atoms with Gasteiger partial charge in [-0.3, -0.25) is 9.59 Å². The first-order valence-electron chi connectivity index (χ1n) is 10.3. The molecular formula is C25H26F2N2O3. The first-order valence-corrected chi connectivity index (χ1v) is 10.3. The summed E-state index contributed by atoms with van der Waals surface area (Å²) in [5.41, 5.74) is -0.142. The molecule has 0 radical (unpaired) electrons. The topological polar surface area (TPSA) is 53.8 Å². The molecule has 0 N–H and O–H groups in total. The molecule has 0 saturated carbocycles. The molecule has 3 rings (SSSR count). The second-order valence-electron chi connectivity index (χ2n) is 8.50. The van der Waals surface area contributed by atoms with Crippen LogP contribution < -0.4 is 0 Å². The number of furan rings is 1. The Balaban J connectivity index is 1.86. The number of hydrogen-bond acceptors (Lipinski definition) is 3. The van der Waals surface area contributed by atoms with E-state index in [-0.39, 0.29) is 24.6 Å². The molecule has 0 atom stereocenters. The van der Waals surface area contributed by atoms with E-state index in [2.05, 4.69) is 0 Å². The van der Waals surface area contributed by atoms with Crippen LogP contribution in [0, 0.1) is 11.6 Å². The van der Waals surface area contributed by atoms with Crippen molar-refractivity contribution >= 4 is 11.8 Å². The van der Waals surface area contributed by atoms with E-state index in [1.165, 1.54) is 11.2 Å². The lowest BCUT2D eigenvalue weighted by Gasteiger charge is -2.36. The van der Waals surface area contributed by atoms with Gasteiger partial charge < -0.3 is 14.2 Å². The molecule has 0 aliphatic rings. The predicted octanol–water partition coefficient (Wildman–Crippen LogP) is 5.03. The fraction of sp³-hybridized carbons (Fsp3) is 0.280. The van der Waals surface area contributed by atoms with Crippen LogP contribution in [0.4, 0.5) is 8.78 Å². The normalized spacial score (nSPS) is 11.3. The molecule has 1 heterocycles. The zero-order valence-electron chi connectivity index (χ0n) is 18.3. The first kappa shape index (κ1) is 23.2. The molecule has 2 amide bonds. The molecule has 5 nitrogen and oxygen atoms in total. The molecule has 168 valence electrons. The summed E-state index contributed by atoms with van der Waals surface area (Å²) in [6.45, 7) is 5.54. The van der Waals surface area contributed by atoms with E-state index in [0.29, 0.717) is 18.4 Å². The van der Waals surface area contributed by atoms with Crippen LogP contribution in [0.25, 0.3) is 0 Å². The maximum atomic E-state index is 14.3. The number of carbonyl (C=O) groups excluding carboxylic acids is 2. The molecule has 0 saturated heterocycles. The zero-order valence-corrected chi connectivity index (χ0v) is 18.3. The monoisotopic (exact) mass is 440 g/mol. The minimum absolute atomic E-state index is 0.220. The summed E-state index contributed by atoms with van der Waals surface area (Å²) in [4.78, 5) is 29.4. The average Bonchev–Trinajstić information content (AvgIpc) is 3.24. The third-order valence-electron chi connectivity index (χ3n) is 5.01. The van der Waals surface area contributed by atoms with Gasteiger partial charge in [0.05, 0.1) is 18.4 Å². The fourth-order valence-corrected chi connectivity index (χ4v) is 3.28. The number of amides is 2. The Hall–Kier alpha value is -3.48. The Labute approximate surface area is 186 Å². The molecule has 0 spiro atoms. The van der Waals surface area contributed by atoms with Crippen molar-refractivity contribution in [3.05, 3.63) is 95.4 Å². The highest BCUT2D eigenvalue weighted by Gasteiger charge is 2.32. The third-order valence-corrected chi connectivity index (χ3v) is 5.01. The van der Waals surface area contributed by atoms with Crippen LogP contribution in [-0.2, 0) is 17.9 Å². The van der Waals surface area contributed by atoms with Crippen molar-refractivity contribution in [3.8, 4) is 0 Å². The zero-order chi connectivity index (χ0) is 23.3. The van der Waals surface area contributed by atoms with E-state index in [0.717, 1.165) is 17.7 Å². The van der Waals surface area contributed by atoms with Gasteiger partial charge in [-0.15, -0.1) is 0 Å². The summed E-state index contributed by atoms with van der Waals surface area (Å²) in [5.74, 6) is -2.14. The van der Waals surface area contributed by atoms with Crippen LogP contribution in [0.15, 0.2) is 71.3 Å². The van der Waals surface area contributed by atoms with Gasteiger partial charge in [-0.05, 0) is 50.6 Å². The highest BCUT2D eigenvalue weighted by atomic mass is 19.1. The number of benzene rings is 2. The van der Waals surface area contributed by atoms with E-state index in [4.69, 9.17) is 4.42 Å². The number of halogens is 2. The lowest BCUT2D eigenvalue weighted by molar-refractivity contribution is -0.134. The molecule has 0 aliphatic heterocycles. The average molecular weight is 440 g/mol. The maximum absolute atomic E-state index is 14.3. The van der Waals surface area contributed by atoms with Crippen molar-refractivity contribution in [2.24, 2.45) is 0 Å². The summed E-state index contributed by atoms with van der Waals surface area (Å²) in [6, 6.07) is 15.8. The highest BCUT2D eigenvalue weighted by Crippen LogP contribution is 2.21. The minimum Gasteiger partial charge on any atom is -0.467 e. The van der Waals surface area contributed by atoms with Crippen molar-refractivity contribution in [1.82, 2.24) is 9.80 Å². The standard InChI is InChI=1S/C25H26F2N2O3/c1-25(2,3)29(24(31)21-12-11-19(26)14-22(21)27)17-23(30)28(16-20-10-7-13-32-20)15-18-8-5-4-6-9-18/h4-14H,15-17H2,1-3H3. The molecule has 32 heavy (non-hydrogen) atoms. The van der Waals surface area contributed by atoms with Gasteiger partial charge in [-0.1, -0.05) is 30.3 Å². The van der Waals surface area contributed by atoms with Gasteiger partial charge in [0.15, 0.2) is 0 Å². The minimum atomic E-state index is -0.964. The number of carbonyl (C=O) groups is 2.